The Bertz CT molecular complexity index is 564. The SMILES string of the molecule is CC(c1ccc(S(C)(=O)=O)cc1)N1CCNCC1(C)C. The molecule has 1 aromatic carbocycles. The van der Waals surface area contributed by atoms with Gasteiger partial charge in [0.05, 0.1) is 4.90 Å². The van der Waals surface area contributed by atoms with Gasteiger partial charge in [0.15, 0.2) is 9.84 Å². The average molecular weight is 296 g/mol. The van der Waals surface area contributed by atoms with Gasteiger partial charge in [-0.05, 0) is 38.5 Å². The molecule has 0 amide bonds. The summed E-state index contributed by atoms with van der Waals surface area (Å²) in [5.74, 6) is 0. The molecule has 0 saturated carbocycles. The van der Waals surface area contributed by atoms with Crippen LogP contribution in [0.25, 0.3) is 0 Å². The van der Waals surface area contributed by atoms with Gasteiger partial charge in [-0.15, -0.1) is 0 Å². The Morgan fingerprint density at radius 2 is 1.85 bits per heavy atom. The van der Waals surface area contributed by atoms with Gasteiger partial charge < -0.3 is 5.32 Å². The second-order valence-electron chi connectivity index (χ2n) is 6.20. The van der Waals surface area contributed by atoms with Crippen LogP contribution in [0.5, 0.6) is 0 Å². The highest BCUT2D eigenvalue weighted by molar-refractivity contribution is 7.90. The highest BCUT2D eigenvalue weighted by atomic mass is 32.2. The van der Waals surface area contributed by atoms with Crippen LogP contribution in [0.2, 0.25) is 0 Å². The van der Waals surface area contributed by atoms with Gasteiger partial charge in [-0.3, -0.25) is 4.90 Å². The van der Waals surface area contributed by atoms with E-state index in [9.17, 15) is 8.42 Å². The van der Waals surface area contributed by atoms with Crippen molar-refractivity contribution in [1.29, 1.82) is 0 Å². The molecule has 20 heavy (non-hydrogen) atoms. The van der Waals surface area contributed by atoms with Gasteiger partial charge in [0.1, 0.15) is 0 Å². The number of nitrogens with zero attached hydrogens (tertiary/aromatic N) is 1. The molecule has 1 aromatic rings. The van der Waals surface area contributed by atoms with Gasteiger partial charge >= 0.3 is 0 Å². The van der Waals surface area contributed by atoms with Crippen molar-refractivity contribution in [2.75, 3.05) is 25.9 Å². The van der Waals surface area contributed by atoms with Crippen molar-refractivity contribution in [2.45, 2.75) is 37.2 Å². The van der Waals surface area contributed by atoms with Crippen molar-refractivity contribution in [2.24, 2.45) is 0 Å². The van der Waals surface area contributed by atoms with Crippen LogP contribution in [-0.2, 0) is 9.84 Å². The molecule has 5 heteroatoms. The first-order valence-corrected chi connectivity index (χ1v) is 8.88. The van der Waals surface area contributed by atoms with Gasteiger partial charge in [-0.2, -0.15) is 0 Å². The number of piperazine rings is 1. The number of nitrogens with one attached hydrogen (secondary N) is 1. The molecular formula is C15H24N2O2S. The third kappa shape index (κ3) is 3.22. The summed E-state index contributed by atoms with van der Waals surface area (Å²) in [4.78, 5) is 2.85. The van der Waals surface area contributed by atoms with E-state index in [1.807, 2.05) is 12.1 Å². The van der Waals surface area contributed by atoms with Gasteiger partial charge in [0.2, 0.25) is 0 Å². The average Bonchev–Trinajstić information content (AvgIpc) is 2.36. The van der Waals surface area contributed by atoms with Crippen molar-refractivity contribution in [3.8, 4) is 0 Å². The van der Waals surface area contributed by atoms with Gasteiger partial charge in [0.25, 0.3) is 0 Å². The fourth-order valence-corrected chi connectivity index (χ4v) is 3.52. The molecule has 112 valence electrons. The first-order valence-electron chi connectivity index (χ1n) is 6.99. The van der Waals surface area contributed by atoms with Crippen LogP contribution >= 0.6 is 0 Å². The molecule has 1 N–H and O–H groups in total. The van der Waals surface area contributed by atoms with E-state index in [1.165, 1.54) is 6.26 Å². The fraction of sp³-hybridized carbons (Fsp3) is 0.600. The fourth-order valence-electron chi connectivity index (χ4n) is 2.89. The molecule has 0 spiro atoms. The van der Waals surface area contributed by atoms with E-state index in [0.29, 0.717) is 4.90 Å². The number of rotatable bonds is 3. The largest absolute Gasteiger partial charge is 0.314 e. The highest BCUT2D eigenvalue weighted by Crippen LogP contribution is 2.29. The zero-order chi connectivity index (χ0) is 15.0. The molecule has 0 aliphatic carbocycles. The molecule has 1 aliphatic heterocycles. The predicted octanol–water partition coefficient (Wildman–Crippen LogP) is 1.83. The van der Waals surface area contributed by atoms with Crippen molar-refractivity contribution in [1.82, 2.24) is 10.2 Å². The minimum absolute atomic E-state index is 0.104. The molecule has 4 nitrogen and oxygen atoms in total. The van der Waals surface area contributed by atoms with Gasteiger partial charge in [0, 0.05) is 37.5 Å². The lowest BCUT2D eigenvalue weighted by molar-refractivity contribution is 0.0516. The molecular weight excluding hydrogens is 272 g/mol. The summed E-state index contributed by atoms with van der Waals surface area (Å²) in [5.41, 5.74) is 1.26. The normalized spacial score (nSPS) is 21.6. The van der Waals surface area contributed by atoms with E-state index in [1.54, 1.807) is 12.1 Å². The number of hydrogen-bond acceptors (Lipinski definition) is 4. The monoisotopic (exact) mass is 296 g/mol. The molecule has 1 unspecified atom stereocenters. The Labute approximate surface area is 122 Å². The van der Waals surface area contributed by atoms with Crippen molar-refractivity contribution in [3.63, 3.8) is 0 Å². The van der Waals surface area contributed by atoms with E-state index in [4.69, 9.17) is 0 Å². The lowest BCUT2D eigenvalue weighted by atomic mass is 9.95. The Morgan fingerprint density at radius 3 is 2.35 bits per heavy atom. The Balaban J connectivity index is 2.23. The molecule has 1 atom stereocenters. The third-order valence-corrected chi connectivity index (χ3v) is 5.25. The summed E-state index contributed by atoms with van der Waals surface area (Å²) in [6, 6.07) is 7.55. The Morgan fingerprint density at radius 1 is 1.25 bits per heavy atom. The molecule has 0 aromatic heterocycles. The zero-order valence-electron chi connectivity index (χ0n) is 12.7. The topological polar surface area (TPSA) is 49.4 Å². The van der Waals surface area contributed by atoms with Crippen LogP contribution < -0.4 is 5.32 Å². The second kappa shape index (κ2) is 5.47. The molecule has 0 bridgehead atoms. The molecule has 1 aliphatic rings. The Kier molecular flexibility index (Phi) is 4.23. The predicted molar refractivity (Wildman–Crippen MR) is 81.6 cm³/mol. The smallest absolute Gasteiger partial charge is 0.175 e. The summed E-state index contributed by atoms with van der Waals surface area (Å²) in [6.07, 6.45) is 1.24. The lowest BCUT2D eigenvalue weighted by Crippen LogP contribution is -2.58. The standard InChI is InChI=1S/C15H24N2O2S/c1-12(17-10-9-16-11-15(17,2)3)13-5-7-14(8-6-13)20(4,18)19/h5-8,12,16H,9-11H2,1-4H3. The summed E-state index contributed by atoms with van der Waals surface area (Å²) in [6.45, 7) is 9.62. The molecule has 0 radical (unpaired) electrons. The number of sulfone groups is 1. The van der Waals surface area contributed by atoms with Crippen molar-refractivity contribution >= 4 is 9.84 Å². The maximum atomic E-state index is 11.5. The van der Waals surface area contributed by atoms with Gasteiger partial charge in [-0.25, -0.2) is 8.42 Å². The van der Waals surface area contributed by atoms with Crippen LogP contribution in [0.4, 0.5) is 0 Å². The van der Waals surface area contributed by atoms with Crippen LogP contribution in [0.3, 0.4) is 0 Å². The summed E-state index contributed by atoms with van der Waals surface area (Å²) in [5, 5.41) is 3.42. The highest BCUT2D eigenvalue weighted by Gasteiger charge is 2.33. The van der Waals surface area contributed by atoms with Crippen LogP contribution in [0, 0.1) is 0 Å². The van der Waals surface area contributed by atoms with E-state index in [2.05, 4.69) is 31.0 Å². The van der Waals surface area contributed by atoms with Crippen LogP contribution in [-0.4, -0.2) is 44.7 Å². The van der Waals surface area contributed by atoms with Crippen molar-refractivity contribution < 1.29 is 8.42 Å². The third-order valence-electron chi connectivity index (χ3n) is 4.12. The minimum Gasteiger partial charge on any atom is -0.314 e. The maximum Gasteiger partial charge on any atom is 0.175 e. The molecule has 1 saturated heterocycles. The first-order chi connectivity index (χ1) is 9.22. The second-order valence-corrected chi connectivity index (χ2v) is 8.22. The van der Waals surface area contributed by atoms with Crippen LogP contribution in [0.15, 0.2) is 29.2 Å². The van der Waals surface area contributed by atoms with Crippen molar-refractivity contribution in [3.05, 3.63) is 29.8 Å². The summed E-state index contributed by atoms with van der Waals surface area (Å²) >= 11 is 0. The zero-order valence-corrected chi connectivity index (χ0v) is 13.5. The van der Waals surface area contributed by atoms with Crippen LogP contribution in [0.1, 0.15) is 32.4 Å². The summed E-state index contributed by atoms with van der Waals surface area (Å²) in [7, 11) is -3.12. The van der Waals surface area contributed by atoms with E-state index in [0.717, 1.165) is 25.2 Å². The number of hydrogen-bond donors (Lipinski definition) is 1. The van der Waals surface area contributed by atoms with E-state index >= 15 is 0 Å². The van der Waals surface area contributed by atoms with Gasteiger partial charge in [-0.1, -0.05) is 12.1 Å². The first kappa shape index (κ1) is 15.5. The maximum absolute atomic E-state index is 11.5. The minimum atomic E-state index is -3.12. The molecule has 1 heterocycles. The quantitative estimate of drug-likeness (QED) is 0.924. The number of benzene rings is 1. The summed E-state index contributed by atoms with van der Waals surface area (Å²) < 4.78 is 23.0. The van der Waals surface area contributed by atoms with E-state index < -0.39 is 9.84 Å². The Hall–Kier alpha value is -0.910. The molecule has 1 fully saturated rings. The van der Waals surface area contributed by atoms with E-state index in [-0.39, 0.29) is 11.6 Å². The lowest BCUT2D eigenvalue weighted by Gasteiger charge is -2.46. The molecule has 2 rings (SSSR count).